The first kappa shape index (κ1) is 28.4. The van der Waals surface area contributed by atoms with Crippen LogP contribution in [0.5, 0.6) is 0 Å². The molecule has 0 aliphatic carbocycles. The average molecular weight is 555 g/mol. The molecule has 4 rings (SSSR count). The standard InChI is InChI=1S/C26H32N6O8/c1-29-10-3-5-17(29)23(35)27-15-13-19(25(37)38)32(14-15)21(34)8-7-20(33)31-12-9-16(22(31)26(39)40)28-24(36)18-6-4-11-30(18)2/h3-6,10-11,15-16,19,22H,7-9,12-14H2,1-2H3,(H,27,35)(H,28,36)(H,37,38)(H,39,40)/p-2/t15-,16-,19-,22-/m0/s1. The maximum Gasteiger partial charge on any atom is 0.268 e. The van der Waals surface area contributed by atoms with Crippen molar-refractivity contribution in [3.63, 3.8) is 0 Å². The van der Waals surface area contributed by atoms with Gasteiger partial charge in [0.2, 0.25) is 11.8 Å². The van der Waals surface area contributed by atoms with Crippen molar-refractivity contribution in [2.24, 2.45) is 14.1 Å². The number of rotatable bonds is 9. The molecule has 2 saturated heterocycles. The van der Waals surface area contributed by atoms with Gasteiger partial charge in [-0.3, -0.25) is 19.2 Å². The van der Waals surface area contributed by atoms with Gasteiger partial charge >= 0.3 is 0 Å². The number of carboxylic acids is 2. The highest BCUT2D eigenvalue weighted by molar-refractivity contribution is 5.95. The number of aliphatic carboxylic acids is 2. The Bertz CT molecular complexity index is 1320. The van der Waals surface area contributed by atoms with Crippen LogP contribution in [0.15, 0.2) is 36.7 Å². The monoisotopic (exact) mass is 554 g/mol. The van der Waals surface area contributed by atoms with E-state index in [2.05, 4.69) is 10.6 Å². The molecule has 0 saturated carbocycles. The summed E-state index contributed by atoms with van der Waals surface area (Å²) in [5, 5.41) is 29.0. The summed E-state index contributed by atoms with van der Waals surface area (Å²) >= 11 is 0. The minimum absolute atomic E-state index is 0.0302. The third-order valence-electron chi connectivity index (χ3n) is 7.41. The average Bonchev–Trinajstić information content (AvgIpc) is 3.68. The van der Waals surface area contributed by atoms with Gasteiger partial charge in [-0.25, -0.2) is 0 Å². The number of nitrogens with one attached hydrogen (secondary N) is 2. The summed E-state index contributed by atoms with van der Waals surface area (Å²) in [6.07, 6.45) is 2.72. The van der Waals surface area contributed by atoms with Gasteiger partial charge in [-0.05, 0) is 37.1 Å². The van der Waals surface area contributed by atoms with Crippen LogP contribution in [0.4, 0.5) is 0 Å². The van der Waals surface area contributed by atoms with Crippen molar-refractivity contribution in [2.45, 2.75) is 49.9 Å². The zero-order valence-corrected chi connectivity index (χ0v) is 22.1. The molecule has 4 heterocycles. The van der Waals surface area contributed by atoms with Crippen LogP contribution in [0, 0.1) is 0 Å². The predicted molar refractivity (Wildman–Crippen MR) is 133 cm³/mol. The summed E-state index contributed by atoms with van der Waals surface area (Å²) in [7, 11) is 3.35. The number of hydrogen-bond acceptors (Lipinski definition) is 8. The number of likely N-dealkylation sites (tertiary alicyclic amines) is 2. The highest BCUT2D eigenvalue weighted by Crippen LogP contribution is 2.23. The van der Waals surface area contributed by atoms with E-state index in [9.17, 15) is 39.0 Å². The number of aromatic nitrogens is 2. The molecule has 214 valence electrons. The van der Waals surface area contributed by atoms with Crippen molar-refractivity contribution < 1.29 is 39.0 Å². The van der Waals surface area contributed by atoms with Crippen molar-refractivity contribution in [3.8, 4) is 0 Å². The maximum atomic E-state index is 12.9. The lowest BCUT2D eigenvalue weighted by Crippen LogP contribution is -2.55. The number of amides is 4. The lowest BCUT2D eigenvalue weighted by molar-refractivity contribution is -0.312. The molecule has 4 amide bonds. The number of carbonyl (C=O) groups excluding carboxylic acids is 6. The highest BCUT2D eigenvalue weighted by atomic mass is 16.4. The predicted octanol–water partition coefficient (Wildman–Crippen LogP) is -3.26. The van der Waals surface area contributed by atoms with Crippen molar-refractivity contribution >= 4 is 35.6 Å². The zero-order valence-electron chi connectivity index (χ0n) is 22.1. The number of hydrogen-bond donors (Lipinski definition) is 2. The maximum absolute atomic E-state index is 12.9. The van der Waals surface area contributed by atoms with Crippen LogP contribution in [0.1, 0.15) is 46.7 Å². The molecule has 0 spiro atoms. The largest absolute Gasteiger partial charge is 0.548 e. The summed E-state index contributed by atoms with van der Waals surface area (Å²) in [6.45, 7) is -0.0527. The first-order valence-corrected chi connectivity index (χ1v) is 12.8. The minimum atomic E-state index is -1.54. The number of carbonyl (C=O) groups is 6. The van der Waals surface area contributed by atoms with Crippen LogP contribution >= 0.6 is 0 Å². The molecule has 2 aromatic heterocycles. The molecule has 14 nitrogen and oxygen atoms in total. The Balaban J connectivity index is 1.34. The van der Waals surface area contributed by atoms with Gasteiger partial charge in [-0.1, -0.05) is 0 Å². The fraction of sp³-hybridized carbons (Fsp3) is 0.462. The van der Waals surface area contributed by atoms with Crippen LogP contribution in [0.25, 0.3) is 0 Å². The van der Waals surface area contributed by atoms with Gasteiger partial charge in [0.1, 0.15) is 11.4 Å². The second-order valence-electron chi connectivity index (χ2n) is 10.0. The molecule has 4 atom stereocenters. The molecule has 2 fully saturated rings. The Kier molecular flexibility index (Phi) is 8.26. The van der Waals surface area contributed by atoms with Crippen molar-refractivity contribution in [2.75, 3.05) is 13.1 Å². The van der Waals surface area contributed by atoms with E-state index in [0.29, 0.717) is 11.4 Å². The molecule has 0 radical (unpaired) electrons. The summed E-state index contributed by atoms with van der Waals surface area (Å²) in [6, 6.07) is 2.28. The number of aryl methyl sites for hydroxylation is 2. The minimum Gasteiger partial charge on any atom is -0.548 e. The topological polar surface area (TPSA) is 189 Å². The second kappa shape index (κ2) is 11.6. The molecule has 14 heteroatoms. The fourth-order valence-corrected chi connectivity index (χ4v) is 5.35. The summed E-state index contributed by atoms with van der Waals surface area (Å²) < 4.78 is 3.17. The molecular weight excluding hydrogens is 524 g/mol. The second-order valence-corrected chi connectivity index (χ2v) is 10.0. The van der Waals surface area contributed by atoms with Crippen molar-refractivity contribution in [1.29, 1.82) is 0 Å². The summed E-state index contributed by atoms with van der Waals surface area (Å²) in [4.78, 5) is 76.7. The fourth-order valence-electron chi connectivity index (χ4n) is 5.35. The van der Waals surface area contributed by atoms with Crippen molar-refractivity contribution in [3.05, 3.63) is 48.0 Å². The Morgan fingerprint density at radius 2 is 1.38 bits per heavy atom. The van der Waals surface area contributed by atoms with E-state index < -0.39 is 59.7 Å². The summed E-state index contributed by atoms with van der Waals surface area (Å²) in [5.41, 5.74) is 0.685. The van der Waals surface area contributed by atoms with E-state index in [4.69, 9.17) is 0 Å². The molecule has 2 N–H and O–H groups in total. The molecule has 2 aliphatic rings. The first-order valence-electron chi connectivity index (χ1n) is 12.8. The van der Waals surface area contributed by atoms with Gasteiger partial charge < -0.3 is 49.4 Å². The Hall–Kier alpha value is -4.62. The quantitative estimate of drug-likeness (QED) is 0.323. The lowest BCUT2D eigenvalue weighted by Gasteiger charge is -2.30. The van der Waals surface area contributed by atoms with Crippen LogP contribution < -0.4 is 20.8 Å². The van der Waals surface area contributed by atoms with Crippen LogP contribution in [-0.2, 0) is 33.3 Å². The van der Waals surface area contributed by atoms with Gasteiger partial charge in [-0.2, -0.15) is 0 Å². The van der Waals surface area contributed by atoms with E-state index in [1.165, 1.54) is 0 Å². The smallest absolute Gasteiger partial charge is 0.268 e. The van der Waals surface area contributed by atoms with Gasteiger partial charge in [0.15, 0.2) is 0 Å². The Morgan fingerprint density at radius 1 is 0.825 bits per heavy atom. The van der Waals surface area contributed by atoms with Gasteiger partial charge in [0, 0.05) is 58.5 Å². The van der Waals surface area contributed by atoms with Gasteiger partial charge in [-0.15, -0.1) is 0 Å². The van der Waals surface area contributed by atoms with Crippen molar-refractivity contribution in [1.82, 2.24) is 29.6 Å². The molecule has 2 aromatic rings. The molecule has 2 aliphatic heterocycles. The number of nitrogens with zero attached hydrogens (tertiary/aromatic N) is 4. The molecular formula is C26H30N6O8-2. The van der Waals surface area contributed by atoms with E-state index in [0.717, 1.165) is 9.80 Å². The lowest BCUT2D eigenvalue weighted by atomic mass is 10.1. The third-order valence-corrected chi connectivity index (χ3v) is 7.41. The molecule has 40 heavy (non-hydrogen) atoms. The first-order chi connectivity index (χ1) is 19.0. The molecule has 0 bridgehead atoms. The van der Waals surface area contributed by atoms with Gasteiger partial charge in [0.25, 0.3) is 11.8 Å². The van der Waals surface area contributed by atoms with E-state index in [-0.39, 0.29) is 38.8 Å². The molecule has 0 unspecified atom stereocenters. The Morgan fingerprint density at radius 3 is 1.88 bits per heavy atom. The van der Waals surface area contributed by atoms with Crippen LogP contribution in [-0.4, -0.2) is 91.8 Å². The van der Waals surface area contributed by atoms with Gasteiger partial charge in [0.05, 0.1) is 30.1 Å². The van der Waals surface area contributed by atoms with E-state index >= 15 is 0 Å². The number of carboxylic acid groups (broad SMARTS) is 2. The third kappa shape index (κ3) is 5.84. The summed E-state index contributed by atoms with van der Waals surface area (Å²) in [5.74, 6) is -5.22. The molecule has 0 aromatic carbocycles. The SMILES string of the molecule is Cn1cccc1C(=O)N[C@H]1C[C@@H](C(=O)[O-])N(C(=O)CCC(=O)N2CC[C@H](NC(=O)c3cccn3C)[C@H]2C(=O)[O-])C1. The van der Waals surface area contributed by atoms with Crippen LogP contribution in [0.3, 0.4) is 0 Å². The Labute approximate surface area is 229 Å². The normalized spacial score (nSPS) is 22.2. The van der Waals surface area contributed by atoms with Crippen LogP contribution in [0.2, 0.25) is 0 Å². The van der Waals surface area contributed by atoms with E-state index in [1.54, 1.807) is 59.9 Å². The highest BCUT2D eigenvalue weighted by Gasteiger charge is 2.40. The van der Waals surface area contributed by atoms with E-state index in [1.807, 2.05) is 0 Å². The zero-order chi connectivity index (χ0) is 29.1.